The fourth-order valence-electron chi connectivity index (χ4n) is 0.868. The fraction of sp³-hybridized carbons (Fsp3) is 0.600. The number of aliphatic hydroxyl groups excluding tert-OH is 1. The SMILES string of the molecule is C/C=C\C(=C/CC)COC(C)O. The van der Waals surface area contributed by atoms with E-state index in [1.807, 2.05) is 19.1 Å². The van der Waals surface area contributed by atoms with Crippen molar-refractivity contribution in [2.45, 2.75) is 33.5 Å². The molecule has 2 heteroatoms. The van der Waals surface area contributed by atoms with Crippen LogP contribution in [-0.4, -0.2) is 18.0 Å². The predicted octanol–water partition coefficient (Wildman–Crippen LogP) is 2.25. The van der Waals surface area contributed by atoms with Gasteiger partial charge in [-0.25, -0.2) is 0 Å². The highest BCUT2D eigenvalue weighted by Crippen LogP contribution is 2.01. The molecule has 0 saturated heterocycles. The second kappa shape index (κ2) is 7.07. The van der Waals surface area contributed by atoms with E-state index in [4.69, 9.17) is 9.84 Å². The molecule has 1 unspecified atom stereocenters. The normalized spacial score (nSPS) is 15.5. The molecule has 0 aliphatic carbocycles. The monoisotopic (exact) mass is 170 g/mol. The van der Waals surface area contributed by atoms with Crippen molar-refractivity contribution < 1.29 is 9.84 Å². The molecule has 0 fully saturated rings. The molecule has 0 spiro atoms. The molecule has 1 atom stereocenters. The third kappa shape index (κ3) is 6.13. The van der Waals surface area contributed by atoms with E-state index in [1.165, 1.54) is 0 Å². The van der Waals surface area contributed by atoms with E-state index in [0.717, 1.165) is 12.0 Å². The first kappa shape index (κ1) is 11.4. The van der Waals surface area contributed by atoms with Crippen molar-refractivity contribution in [1.29, 1.82) is 0 Å². The van der Waals surface area contributed by atoms with Crippen molar-refractivity contribution in [3.63, 3.8) is 0 Å². The number of rotatable bonds is 5. The molecule has 1 N–H and O–H groups in total. The number of hydrogen-bond donors (Lipinski definition) is 1. The van der Waals surface area contributed by atoms with Gasteiger partial charge >= 0.3 is 0 Å². The molecule has 0 saturated carbocycles. The van der Waals surface area contributed by atoms with Crippen LogP contribution in [0.1, 0.15) is 27.2 Å². The summed E-state index contributed by atoms with van der Waals surface area (Å²) in [7, 11) is 0. The minimum atomic E-state index is -0.685. The average Bonchev–Trinajstić information content (AvgIpc) is 2.01. The minimum Gasteiger partial charge on any atom is -0.368 e. The first-order valence-electron chi connectivity index (χ1n) is 4.32. The van der Waals surface area contributed by atoms with Crippen LogP contribution in [0.3, 0.4) is 0 Å². The minimum absolute atomic E-state index is 0.482. The Labute approximate surface area is 74.6 Å². The highest BCUT2D eigenvalue weighted by Gasteiger charge is 1.95. The first-order chi connectivity index (χ1) is 5.70. The Kier molecular flexibility index (Phi) is 6.72. The predicted molar refractivity (Wildman–Crippen MR) is 50.8 cm³/mol. The average molecular weight is 170 g/mol. The number of aliphatic hydroxyl groups is 1. The van der Waals surface area contributed by atoms with Crippen molar-refractivity contribution >= 4 is 0 Å². The third-order valence-electron chi connectivity index (χ3n) is 1.34. The van der Waals surface area contributed by atoms with E-state index in [2.05, 4.69) is 13.0 Å². The van der Waals surface area contributed by atoms with E-state index in [9.17, 15) is 0 Å². The molecule has 0 aliphatic rings. The van der Waals surface area contributed by atoms with Crippen molar-refractivity contribution in [2.75, 3.05) is 6.61 Å². The molecule has 12 heavy (non-hydrogen) atoms. The van der Waals surface area contributed by atoms with Gasteiger partial charge in [0.05, 0.1) is 6.61 Å². The van der Waals surface area contributed by atoms with E-state index in [-0.39, 0.29) is 0 Å². The largest absolute Gasteiger partial charge is 0.368 e. The second-order valence-corrected chi connectivity index (χ2v) is 2.60. The van der Waals surface area contributed by atoms with Crippen molar-refractivity contribution in [2.24, 2.45) is 0 Å². The molecule has 70 valence electrons. The van der Waals surface area contributed by atoms with Gasteiger partial charge < -0.3 is 9.84 Å². The lowest BCUT2D eigenvalue weighted by atomic mass is 10.2. The number of ether oxygens (including phenoxy) is 1. The number of allylic oxidation sites excluding steroid dienone is 2. The van der Waals surface area contributed by atoms with Gasteiger partial charge in [0.2, 0.25) is 0 Å². The van der Waals surface area contributed by atoms with Gasteiger partial charge in [-0.3, -0.25) is 0 Å². The van der Waals surface area contributed by atoms with Crippen molar-refractivity contribution in [1.82, 2.24) is 0 Å². The molecule has 0 aliphatic heterocycles. The maximum absolute atomic E-state index is 8.86. The highest BCUT2D eigenvalue weighted by atomic mass is 16.6. The lowest BCUT2D eigenvalue weighted by Crippen LogP contribution is -2.08. The smallest absolute Gasteiger partial charge is 0.152 e. The van der Waals surface area contributed by atoms with Gasteiger partial charge in [-0.2, -0.15) is 0 Å². The van der Waals surface area contributed by atoms with Crippen LogP contribution in [0.2, 0.25) is 0 Å². The summed E-state index contributed by atoms with van der Waals surface area (Å²) in [6.45, 7) is 6.13. The van der Waals surface area contributed by atoms with Gasteiger partial charge in [0.25, 0.3) is 0 Å². The molecule has 0 amide bonds. The van der Waals surface area contributed by atoms with Gasteiger partial charge in [0.1, 0.15) is 0 Å². The summed E-state index contributed by atoms with van der Waals surface area (Å²) >= 11 is 0. The number of hydrogen-bond acceptors (Lipinski definition) is 2. The van der Waals surface area contributed by atoms with E-state index in [0.29, 0.717) is 6.61 Å². The molecule has 0 aromatic rings. The van der Waals surface area contributed by atoms with E-state index >= 15 is 0 Å². The summed E-state index contributed by atoms with van der Waals surface area (Å²) in [5.41, 5.74) is 1.11. The Morgan fingerprint density at radius 3 is 2.67 bits per heavy atom. The first-order valence-corrected chi connectivity index (χ1v) is 4.32. The summed E-state index contributed by atoms with van der Waals surface area (Å²) in [4.78, 5) is 0. The molecule has 0 aromatic carbocycles. The Hall–Kier alpha value is -0.600. The zero-order chi connectivity index (χ0) is 9.40. The van der Waals surface area contributed by atoms with Crippen LogP contribution >= 0.6 is 0 Å². The summed E-state index contributed by atoms with van der Waals surface area (Å²) < 4.78 is 5.05. The van der Waals surface area contributed by atoms with Crippen LogP contribution in [0.15, 0.2) is 23.8 Å². The topological polar surface area (TPSA) is 29.5 Å². The van der Waals surface area contributed by atoms with Gasteiger partial charge in [-0.15, -0.1) is 0 Å². The molecular weight excluding hydrogens is 152 g/mol. The van der Waals surface area contributed by atoms with E-state index < -0.39 is 6.29 Å². The van der Waals surface area contributed by atoms with Crippen LogP contribution in [-0.2, 0) is 4.74 Å². The summed E-state index contributed by atoms with van der Waals surface area (Å²) in [5.74, 6) is 0. The quantitative estimate of drug-likeness (QED) is 0.506. The van der Waals surface area contributed by atoms with Crippen LogP contribution < -0.4 is 0 Å². The second-order valence-electron chi connectivity index (χ2n) is 2.60. The molecule has 0 rings (SSSR count). The zero-order valence-corrected chi connectivity index (χ0v) is 8.08. The third-order valence-corrected chi connectivity index (χ3v) is 1.34. The summed E-state index contributed by atoms with van der Waals surface area (Å²) in [5, 5.41) is 8.86. The van der Waals surface area contributed by atoms with Gasteiger partial charge in [0.15, 0.2) is 6.29 Å². The molecule has 0 heterocycles. The van der Waals surface area contributed by atoms with Gasteiger partial charge in [-0.1, -0.05) is 25.2 Å². The molecule has 0 radical (unpaired) electrons. The Bertz CT molecular complexity index is 157. The molecular formula is C10H18O2. The maximum Gasteiger partial charge on any atom is 0.152 e. The van der Waals surface area contributed by atoms with Crippen LogP contribution in [0.25, 0.3) is 0 Å². The Balaban J connectivity index is 3.88. The lowest BCUT2D eigenvalue weighted by molar-refractivity contribution is -0.0757. The summed E-state index contributed by atoms with van der Waals surface area (Å²) in [6, 6.07) is 0. The Morgan fingerprint density at radius 2 is 2.25 bits per heavy atom. The fourth-order valence-corrected chi connectivity index (χ4v) is 0.868. The van der Waals surface area contributed by atoms with Crippen LogP contribution in [0, 0.1) is 0 Å². The lowest BCUT2D eigenvalue weighted by Gasteiger charge is -2.06. The standard InChI is InChI=1S/C10H18O2/c1-4-6-10(7-5-2)8-12-9(3)11/h4,6-7,9,11H,5,8H2,1-3H3/b6-4-,10-7+. The van der Waals surface area contributed by atoms with Gasteiger partial charge in [-0.05, 0) is 25.8 Å². The molecule has 2 nitrogen and oxygen atoms in total. The molecule has 0 aromatic heterocycles. The van der Waals surface area contributed by atoms with Crippen LogP contribution in [0.5, 0.6) is 0 Å². The van der Waals surface area contributed by atoms with Crippen molar-refractivity contribution in [3.05, 3.63) is 23.8 Å². The maximum atomic E-state index is 8.86. The van der Waals surface area contributed by atoms with Crippen molar-refractivity contribution in [3.8, 4) is 0 Å². The van der Waals surface area contributed by atoms with Gasteiger partial charge in [0, 0.05) is 0 Å². The highest BCUT2D eigenvalue weighted by molar-refractivity contribution is 5.18. The van der Waals surface area contributed by atoms with E-state index in [1.54, 1.807) is 6.92 Å². The molecule has 0 bridgehead atoms. The Morgan fingerprint density at radius 1 is 1.58 bits per heavy atom. The zero-order valence-electron chi connectivity index (χ0n) is 8.08. The van der Waals surface area contributed by atoms with Crippen LogP contribution in [0.4, 0.5) is 0 Å². The summed E-state index contributed by atoms with van der Waals surface area (Å²) in [6.07, 6.45) is 6.35.